The van der Waals surface area contributed by atoms with E-state index in [1.54, 1.807) is 0 Å². The maximum absolute atomic E-state index is 5.84. The first-order valence-corrected chi connectivity index (χ1v) is 5.09. The molecule has 0 atom stereocenters. The molecule has 72 valence electrons. The maximum atomic E-state index is 5.84. The summed E-state index contributed by atoms with van der Waals surface area (Å²) in [6, 6.07) is 0.501. The Morgan fingerprint density at radius 3 is 2.25 bits per heavy atom. The van der Waals surface area contributed by atoms with E-state index in [4.69, 9.17) is 5.73 Å². The highest BCUT2D eigenvalue weighted by atomic mass is 15.0. The lowest BCUT2D eigenvalue weighted by Crippen LogP contribution is -2.28. The molecule has 1 fully saturated rings. The van der Waals surface area contributed by atoms with Crippen LogP contribution in [0.3, 0.4) is 0 Å². The fourth-order valence-corrected chi connectivity index (χ4v) is 1.92. The van der Waals surface area contributed by atoms with E-state index in [0.717, 1.165) is 5.92 Å². The van der Waals surface area contributed by atoms with Gasteiger partial charge in [-0.25, -0.2) is 0 Å². The largest absolute Gasteiger partial charge is 0.328 e. The summed E-state index contributed by atoms with van der Waals surface area (Å²) in [5.74, 6) is 0.951. The minimum Gasteiger partial charge on any atom is -0.328 e. The monoisotopic (exact) mass is 170 g/mol. The molecule has 0 bridgehead atoms. The lowest BCUT2D eigenvalue weighted by atomic mass is 9.84. The average Bonchev–Trinajstić information content (AvgIpc) is 2.03. The molecule has 1 aliphatic rings. The zero-order valence-corrected chi connectivity index (χ0v) is 8.42. The summed E-state index contributed by atoms with van der Waals surface area (Å²) in [4.78, 5) is 2.27. The minimum atomic E-state index is 0.501. The van der Waals surface area contributed by atoms with Gasteiger partial charge in [-0.05, 0) is 58.7 Å². The van der Waals surface area contributed by atoms with Crippen molar-refractivity contribution < 1.29 is 0 Å². The predicted molar refractivity (Wildman–Crippen MR) is 53.1 cm³/mol. The molecule has 0 aromatic rings. The van der Waals surface area contributed by atoms with Crippen LogP contribution in [0.2, 0.25) is 0 Å². The lowest BCUT2D eigenvalue weighted by Gasteiger charge is -2.26. The molecule has 2 heteroatoms. The third-order valence-corrected chi connectivity index (χ3v) is 2.88. The van der Waals surface area contributed by atoms with E-state index in [1.807, 2.05) is 0 Å². The molecule has 0 heterocycles. The summed E-state index contributed by atoms with van der Waals surface area (Å²) in [6.45, 7) is 1.24. The zero-order valence-electron chi connectivity index (χ0n) is 8.42. The lowest BCUT2D eigenvalue weighted by molar-refractivity contribution is 0.275. The van der Waals surface area contributed by atoms with E-state index in [-0.39, 0.29) is 0 Å². The molecule has 0 spiro atoms. The molecule has 2 nitrogen and oxygen atoms in total. The van der Waals surface area contributed by atoms with Crippen molar-refractivity contribution in [3.63, 3.8) is 0 Å². The van der Waals surface area contributed by atoms with Crippen molar-refractivity contribution >= 4 is 0 Å². The van der Waals surface area contributed by atoms with Gasteiger partial charge in [-0.2, -0.15) is 0 Å². The first kappa shape index (κ1) is 10.0. The molecule has 0 unspecified atom stereocenters. The van der Waals surface area contributed by atoms with Gasteiger partial charge in [0.15, 0.2) is 0 Å². The Kier molecular flexibility index (Phi) is 4.02. The SMILES string of the molecule is CN(C)CC[C@H]1CC[C@@H](N)CC1. The molecule has 1 saturated carbocycles. The highest BCUT2D eigenvalue weighted by molar-refractivity contribution is 4.74. The second kappa shape index (κ2) is 4.83. The second-order valence-electron chi connectivity index (χ2n) is 4.37. The smallest absolute Gasteiger partial charge is 0.00390 e. The summed E-state index contributed by atoms with van der Waals surface area (Å²) < 4.78 is 0. The standard InChI is InChI=1S/C10H22N2/c1-12(2)8-7-9-3-5-10(11)6-4-9/h9-10H,3-8,11H2,1-2H3/t9-,10+. The van der Waals surface area contributed by atoms with Gasteiger partial charge >= 0.3 is 0 Å². The Morgan fingerprint density at radius 1 is 1.17 bits per heavy atom. The van der Waals surface area contributed by atoms with E-state index in [1.165, 1.54) is 38.6 Å². The fourth-order valence-electron chi connectivity index (χ4n) is 1.92. The van der Waals surface area contributed by atoms with Crippen LogP contribution in [0.1, 0.15) is 32.1 Å². The first-order valence-electron chi connectivity index (χ1n) is 5.09. The van der Waals surface area contributed by atoms with Crippen LogP contribution in [0, 0.1) is 5.92 Å². The van der Waals surface area contributed by atoms with Gasteiger partial charge < -0.3 is 10.6 Å². The number of nitrogens with two attached hydrogens (primary N) is 1. The number of hydrogen-bond donors (Lipinski definition) is 1. The summed E-state index contributed by atoms with van der Waals surface area (Å²) in [5.41, 5.74) is 5.84. The number of nitrogens with zero attached hydrogens (tertiary/aromatic N) is 1. The fraction of sp³-hybridized carbons (Fsp3) is 1.00. The van der Waals surface area contributed by atoms with E-state index >= 15 is 0 Å². The third kappa shape index (κ3) is 3.55. The van der Waals surface area contributed by atoms with Crippen molar-refractivity contribution in [2.75, 3.05) is 20.6 Å². The molecule has 0 aromatic carbocycles. The molecule has 1 aliphatic carbocycles. The van der Waals surface area contributed by atoms with Crippen LogP contribution in [0.15, 0.2) is 0 Å². The van der Waals surface area contributed by atoms with Gasteiger partial charge in [0.25, 0.3) is 0 Å². The second-order valence-corrected chi connectivity index (χ2v) is 4.37. The van der Waals surface area contributed by atoms with Crippen molar-refractivity contribution in [3.8, 4) is 0 Å². The summed E-state index contributed by atoms with van der Waals surface area (Å²) in [5, 5.41) is 0. The maximum Gasteiger partial charge on any atom is 0.00390 e. The highest BCUT2D eigenvalue weighted by Gasteiger charge is 2.17. The quantitative estimate of drug-likeness (QED) is 0.694. The van der Waals surface area contributed by atoms with Crippen LogP contribution < -0.4 is 5.73 Å². The Balaban J connectivity index is 2.09. The van der Waals surface area contributed by atoms with Crippen LogP contribution in [0.5, 0.6) is 0 Å². The van der Waals surface area contributed by atoms with Crippen molar-refractivity contribution in [2.45, 2.75) is 38.1 Å². The van der Waals surface area contributed by atoms with E-state index in [2.05, 4.69) is 19.0 Å². The molecule has 0 saturated heterocycles. The van der Waals surface area contributed by atoms with Gasteiger partial charge in [-0.15, -0.1) is 0 Å². The summed E-state index contributed by atoms with van der Waals surface area (Å²) >= 11 is 0. The topological polar surface area (TPSA) is 29.3 Å². The molecular formula is C10H22N2. The molecule has 2 N–H and O–H groups in total. The van der Waals surface area contributed by atoms with Crippen LogP contribution >= 0.6 is 0 Å². The Hall–Kier alpha value is -0.0800. The van der Waals surface area contributed by atoms with E-state index in [0.29, 0.717) is 6.04 Å². The van der Waals surface area contributed by atoms with Crippen molar-refractivity contribution in [3.05, 3.63) is 0 Å². The van der Waals surface area contributed by atoms with Gasteiger partial charge in [-0.3, -0.25) is 0 Å². The third-order valence-electron chi connectivity index (χ3n) is 2.88. The van der Waals surface area contributed by atoms with Gasteiger partial charge in [0.2, 0.25) is 0 Å². The van der Waals surface area contributed by atoms with Crippen LogP contribution in [0.4, 0.5) is 0 Å². The first-order chi connectivity index (χ1) is 5.68. The molecule has 0 aliphatic heterocycles. The van der Waals surface area contributed by atoms with Gasteiger partial charge in [0.1, 0.15) is 0 Å². The highest BCUT2D eigenvalue weighted by Crippen LogP contribution is 2.25. The van der Waals surface area contributed by atoms with Gasteiger partial charge in [0.05, 0.1) is 0 Å². The molecule has 0 amide bonds. The Labute approximate surface area is 76.1 Å². The van der Waals surface area contributed by atoms with Crippen LogP contribution in [0.25, 0.3) is 0 Å². The average molecular weight is 170 g/mol. The van der Waals surface area contributed by atoms with E-state index < -0.39 is 0 Å². The molecular weight excluding hydrogens is 148 g/mol. The Bertz CT molecular complexity index is 115. The van der Waals surface area contributed by atoms with Crippen LogP contribution in [-0.2, 0) is 0 Å². The summed E-state index contributed by atoms with van der Waals surface area (Å²) in [6.07, 6.45) is 6.57. The minimum absolute atomic E-state index is 0.501. The van der Waals surface area contributed by atoms with Gasteiger partial charge in [-0.1, -0.05) is 0 Å². The van der Waals surface area contributed by atoms with E-state index in [9.17, 15) is 0 Å². The van der Waals surface area contributed by atoms with Crippen molar-refractivity contribution in [1.82, 2.24) is 4.90 Å². The zero-order chi connectivity index (χ0) is 8.97. The predicted octanol–water partition coefficient (Wildman–Crippen LogP) is 1.46. The van der Waals surface area contributed by atoms with Crippen molar-refractivity contribution in [1.29, 1.82) is 0 Å². The van der Waals surface area contributed by atoms with Crippen LogP contribution in [-0.4, -0.2) is 31.6 Å². The number of rotatable bonds is 3. The molecule has 0 radical (unpaired) electrons. The normalized spacial score (nSPS) is 31.0. The molecule has 1 rings (SSSR count). The summed E-state index contributed by atoms with van der Waals surface area (Å²) in [7, 11) is 4.29. The Morgan fingerprint density at radius 2 is 1.75 bits per heavy atom. The van der Waals surface area contributed by atoms with Crippen molar-refractivity contribution in [2.24, 2.45) is 11.7 Å². The molecule has 0 aromatic heterocycles. The number of hydrogen-bond acceptors (Lipinski definition) is 2. The van der Waals surface area contributed by atoms with Gasteiger partial charge in [0, 0.05) is 6.04 Å². The molecule has 12 heavy (non-hydrogen) atoms.